The van der Waals surface area contributed by atoms with Gasteiger partial charge in [-0.25, -0.2) is 13.1 Å². The van der Waals surface area contributed by atoms with Gasteiger partial charge in [0.1, 0.15) is 4.90 Å². The van der Waals surface area contributed by atoms with Gasteiger partial charge in [0.05, 0.1) is 5.02 Å². The van der Waals surface area contributed by atoms with Crippen LogP contribution in [0.1, 0.15) is 31.7 Å². The maximum Gasteiger partial charge on any atom is 0.242 e. The predicted octanol–water partition coefficient (Wildman–Crippen LogP) is 3.18. The summed E-state index contributed by atoms with van der Waals surface area (Å²) < 4.78 is 27.7. The van der Waals surface area contributed by atoms with Gasteiger partial charge >= 0.3 is 0 Å². The fourth-order valence-electron chi connectivity index (χ4n) is 2.47. The Bertz CT molecular complexity index is 620. The van der Waals surface area contributed by atoms with Crippen molar-refractivity contribution in [2.45, 2.75) is 43.7 Å². The number of nitrogens with one attached hydrogen (secondary N) is 2. The molecule has 1 fully saturated rings. The van der Waals surface area contributed by atoms with Crippen LogP contribution >= 0.6 is 23.2 Å². The SMILES string of the molecule is CCCC1CC1NS(=O)(=O)c1ccc(Cl)c(CNC)c1Cl. The zero-order valence-corrected chi connectivity index (χ0v) is 14.4. The summed E-state index contributed by atoms with van der Waals surface area (Å²) in [6, 6.07) is 3.07. The first-order valence-corrected chi connectivity index (χ1v) is 9.28. The Morgan fingerprint density at radius 1 is 1.33 bits per heavy atom. The molecule has 118 valence electrons. The van der Waals surface area contributed by atoms with E-state index in [4.69, 9.17) is 23.2 Å². The van der Waals surface area contributed by atoms with Crippen molar-refractivity contribution in [3.63, 3.8) is 0 Å². The summed E-state index contributed by atoms with van der Waals surface area (Å²) >= 11 is 12.3. The van der Waals surface area contributed by atoms with E-state index in [9.17, 15) is 8.42 Å². The number of sulfonamides is 1. The summed E-state index contributed by atoms with van der Waals surface area (Å²) in [5.74, 6) is 0.452. The highest BCUT2D eigenvalue weighted by atomic mass is 35.5. The van der Waals surface area contributed by atoms with E-state index in [-0.39, 0.29) is 16.0 Å². The molecule has 1 aromatic rings. The zero-order chi connectivity index (χ0) is 15.6. The van der Waals surface area contributed by atoms with Crippen molar-refractivity contribution in [3.05, 3.63) is 27.7 Å². The Morgan fingerprint density at radius 3 is 2.67 bits per heavy atom. The molecule has 0 spiro atoms. The largest absolute Gasteiger partial charge is 0.316 e. The quantitative estimate of drug-likeness (QED) is 0.793. The molecule has 4 nitrogen and oxygen atoms in total. The van der Waals surface area contributed by atoms with E-state index < -0.39 is 10.0 Å². The second-order valence-electron chi connectivity index (χ2n) is 5.38. The van der Waals surface area contributed by atoms with Gasteiger partial charge < -0.3 is 5.32 Å². The highest BCUT2D eigenvalue weighted by molar-refractivity contribution is 7.89. The van der Waals surface area contributed by atoms with E-state index in [1.807, 2.05) is 0 Å². The van der Waals surface area contributed by atoms with Gasteiger partial charge in [0.15, 0.2) is 0 Å². The molecule has 1 saturated carbocycles. The standard InChI is InChI=1S/C14H20Cl2N2O2S/c1-3-4-9-7-12(9)18-21(19,20)13-6-5-11(15)10(8-17-2)14(13)16/h5-6,9,12,17-18H,3-4,7-8H2,1-2H3. The fraction of sp³-hybridized carbons (Fsp3) is 0.571. The second kappa shape index (κ2) is 6.84. The third-order valence-electron chi connectivity index (χ3n) is 3.68. The van der Waals surface area contributed by atoms with E-state index in [2.05, 4.69) is 17.0 Å². The predicted molar refractivity (Wildman–Crippen MR) is 86.4 cm³/mol. The number of rotatable bonds is 7. The lowest BCUT2D eigenvalue weighted by Crippen LogP contribution is -2.27. The van der Waals surface area contributed by atoms with Gasteiger partial charge in [-0.05, 0) is 37.9 Å². The van der Waals surface area contributed by atoms with E-state index >= 15 is 0 Å². The fourth-order valence-corrected chi connectivity index (χ4v) is 4.70. The van der Waals surface area contributed by atoms with E-state index in [1.54, 1.807) is 13.1 Å². The maximum atomic E-state index is 12.5. The molecule has 1 aliphatic carbocycles. The lowest BCUT2D eigenvalue weighted by Gasteiger charge is -2.13. The molecule has 1 aromatic carbocycles. The van der Waals surface area contributed by atoms with E-state index in [0.717, 1.165) is 19.3 Å². The van der Waals surface area contributed by atoms with Crippen LogP contribution in [0.4, 0.5) is 0 Å². The van der Waals surface area contributed by atoms with E-state index in [0.29, 0.717) is 23.0 Å². The maximum absolute atomic E-state index is 12.5. The van der Waals surface area contributed by atoms with Crippen LogP contribution in [0, 0.1) is 5.92 Å². The molecule has 0 saturated heterocycles. The van der Waals surface area contributed by atoms with Gasteiger partial charge in [-0.2, -0.15) is 0 Å². The van der Waals surface area contributed by atoms with Crippen LogP contribution in [0.25, 0.3) is 0 Å². The highest BCUT2D eigenvalue weighted by Gasteiger charge is 2.39. The van der Waals surface area contributed by atoms with Gasteiger partial charge in [-0.1, -0.05) is 36.5 Å². The topological polar surface area (TPSA) is 58.2 Å². The lowest BCUT2D eigenvalue weighted by atomic mass is 10.2. The third kappa shape index (κ3) is 3.90. The summed E-state index contributed by atoms with van der Waals surface area (Å²) in [5.41, 5.74) is 0.601. The van der Waals surface area contributed by atoms with Crippen molar-refractivity contribution in [2.75, 3.05) is 7.05 Å². The molecule has 0 radical (unpaired) electrons. The van der Waals surface area contributed by atoms with Crippen LogP contribution in [-0.2, 0) is 16.6 Å². The molecule has 21 heavy (non-hydrogen) atoms. The van der Waals surface area contributed by atoms with Crippen molar-refractivity contribution in [3.8, 4) is 0 Å². The Morgan fingerprint density at radius 2 is 2.05 bits per heavy atom. The molecule has 1 aliphatic rings. The summed E-state index contributed by atoms with van der Waals surface area (Å²) in [6.07, 6.45) is 3.02. The summed E-state index contributed by atoms with van der Waals surface area (Å²) in [4.78, 5) is 0.0981. The van der Waals surface area contributed by atoms with Crippen molar-refractivity contribution >= 4 is 33.2 Å². The van der Waals surface area contributed by atoms with E-state index in [1.165, 1.54) is 6.07 Å². The highest BCUT2D eigenvalue weighted by Crippen LogP contribution is 2.37. The number of benzene rings is 1. The summed E-state index contributed by atoms with van der Waals surface area (Å²) in [5, 5.41) is 3.59. The van der Waals surface area contributed by atoms with Gasteiger partial charge in [0, 0.05) is 23.2 Å². The molecule has 2 N–H and O–H groups in total. The van der Waals surface area contributed by atoms with Crippen LogP contribution in [0.2, 0.25) is 10.0 Å². The van der Waals surface area contributed by atoms with Crippen LogP contribution < -0.4 is 10.0 Å². The first-order valence-electron chi connectivity index (χ1n) is 7.04. The first-order chi connectivity index (χ1) is 9.90. The molecule has 2 atom stereocenters. The number of hydrogen-bond donors (Lipinski definition) is 2. The van der Waals surface area contributed by atoms with Crippen LogP contribution in [0.3, 0.4) is 0 Å². The molecule has 2 unspecified atom stereocenters. The lowest BCUT2D eigenvalue weighted by molar-refractivity contribution is 0.573. The van der Waals surface area contributed by atoms with Crippen LogP contribution in [-0.4, -0.2) is 21.5 Å². The normalized spacial score (nSPS) is 21.5. The Hall–Kier alpha value is -0.330. The van der Waals surface area contributed by atoms with Crippen molar-refractivity contribution in [1.82, 2.24) is 10.0 Å². The van der Waals surface area contributed by atoms with Crippen LogP contribution in [0.5, 0.6) is 0 Å². The minimum atomic E-state index is -3.60. The minimum Gasteiger partial charge on any atom is -0.316 e. The number of hydrogen-bond acceptors (Lipinski definition) is 3. The molecule has 2 rings (SSSR count). The average Bonchev–Trinajstić information content (AvgIpc) is 3.11. The molecule has 7 heteroatoms. The summed E-state index contributed by atoms with van der Waals surface area (Å²) in [7, 11) is -1.85. The average molecular weight is 351 g/mol. The van der Waals surface area contributed by atoms with Gasteiger partial charge in [0.2, 0.25) is 10.0 Å². The van der Waals surface area contributed by atoms with Crippen molar-refractivity contribution in [2.24, 2.45) is 5.92 Å². The minimum absolute atomic E-state index is 0.0365. The molecule has 0 aliphatic heterocycles. The van der Waals surface area contributed by atoms with Gasteiger partial charge in [0.25, 0.3) is 0 Å². The first kappa shape index (κ1) is 17.0. The monoisotopic (exact) mass is 350 g/mol. The Balaban J connectivity index is 2.23. The van der Waals surface area contributed by atoms with Crippen molar-refractivity contribution in [1.29, 1.82) is 0 Å². The third-order valence-corrected chi connectivity index (χ3v) is 6.11. The molecular weight excluding hydrogens is 331 g/mol. The van der Waals surface area contributed by atoms with Gasteiger partial charge in [-0.3, -0.25) is 0 Å². The second-order valence-corrected chi connectivity index (χ2v) is 7.85. The molecule has 0 amide bonds. The van der Waals surface area contributed by atoms with Crippen LogP contribution in [0.15, 0.2) is 17.0 Å². The molecular formula is C14H20Cl2N2O2S. The zero-order valence-electron chi connectivity index (χ0n) is 12.1. The smallest absolute Gasteiger partial charge is 0.242 e. The molecule has 0 bridgehead atoms. The van der Waals surface area contributed by atoms with Gasteiger partial charge in [-0.15, -0.1) is 0 Å². The Labute approximate surface area is 136 Å². The summed E-state index contributed by atoms with van der Waals surface area (Å²) in [6.45, 7) is 2.52. The Kier molecular flexibility index (Phi) is 5.54. The molecule has 0 aromatic heterocycles. The molecule has 0 heterocycles. The van der Waals surface area contributed by atoms with Crippen molar-refractivity contribution < 1.29 is 8.42 Å². The number of halogens is 2.